The SMILES string of the molecule is Cc1ccc(C)c(NC(=O)C(C#N)=Cc2cccc(OC(=O)c3cccc4ccccc34)c2)c1. The van der Waals surface area contributed by atoms with E-state index < -0.39 is 11.9 Å². The fourth-order valence-electron chi connectivity index (χ4n) is 3.61. The van der Waals surface area contributed by atoms with Crippen LogP contribution in [-0.2, 0) is 4.79 Å². The van der Waals surface area contributed by atoms with Crippen LogP contribution in [0.3, 0.4) is 0 Å². The van der Waals surface area contributed by atoms with E-state index in [0.29, 0.717) is 22.6 Å². The molecule has 4 aromatic carbocycles. The first-order valence-corrected chi connectivity index (χ1v) is 10.7. The maximum absolute atomic E-state index is 12.8. The monoisotopic (exact) mass is 446 g/mol. The summed E-state index contributed by atoms with van der Waals surface area (Å²) < 4.78 is 5.60. The molecule has 5 nitrogen and oxygen atoms in total. The van der Waals surface area contributed by atoms with Gasteiger partial charge in [-0.25, -0.2) is 4.79 Å². The number of anilines is 1. The first kappa shape index (κ1) is 22.5. The van der Waals surface area contributed by atoms with Gasteiger partial charge in [-0.2, -0.15) is 5.26 Å². The maximum atomic E-state index is 12.8. The van der Waals surface area contributed by atoms with Crippen molar-refractivity contribution in [1.82, 2.24) is 0 Å². The Balaban J connectivity index is 1.55. The van der Waals surface area contributed by atoms with Gasteiger partial charge in [-0.1, -0.05) is 60.7 Å². The molecular formula is C29H22N2O3. The van der Waals surface area contributed by atoms with Crippen molar-refractivity contribution in [2.45, 2.75) is 13.8 Å². The number of nitrogens with zero attached hydrogens (tertiary/aromatic N) is 1. The molecule has 0 bridgehead atoms. The van der Waals surface area contributed by atoms with Crippen LogP contribution in [0.25, 0.3) is 16.8 Å². The molecule has 0 unspecified atom stereocenters. The van der Waals surface area contributed by atoms with Gasteiger partial charge in [-0.15, -0.1) is 0 Å². The van der Waals surface area contributed by atoms with Crippen molar-refractivity contribution in [3.63, 3.8) is 0 Å². The highest BCUT2D eigenvalue weighted by molar-refractivity contribution is 6.10. The molecule has 0 fully saturated rings. The Hall–Kier alpha value is -4.69. The lowest BCUT2D eigenvalue weighted by molar-refractivity contribution is -0.112. The van der Waals surface area contributed by atoms with E-state index in [1.54, 1.807) is 30.3 Å². The Morgan fingerprint density at radius 2 is 1.68 bits per heavy atom. The predicted molar refractivity (Wildman–Crippen MR) is 133 cm³/mol. The van der Waals surface area contributed by atoms with Gasteiger partial charge in [-0.3, -0.25) is 4.79 Å². The van der Waals surface area contributed by atoms with Gasteiger partial charge in [0.25, 0.3) is 5.91 Å². The third-order valence-electron chi connectivity index (χ3n) is 5.40. The van der Waals surface area contributed by atoms with E-state index in [-0.39, 0.29) is 5.57 Å². The van der Waals surface area contributed by atoms with Gasteiger partial charge in [0.15, 0.2) is 0 Å². The van der Waals surface area contributed by atoms with Crippen molar-refractivity contribution >= 4 is 34.4 Å². The van der Waals surface area contributed by atoms with Gasteiger partial charge in [-0.05, 0) is 71.7 Å². The zero-order chi connectivity index (χ0) is 24.1. The molecule has 34 heavy (non-hydrogen) atoms. The van der Waals surface area contributed by atoms with Gasteiger partial charge in [0.1, 0.15) is 17.4 Å². The minimum atomic E-state index is -0.505. The van der Waals surface area contributed by atoms with Crippen molar-refractivity contribution < 1.29 is 14.3 Å². The van der Waals surface area contributed by atoms with E-state index >= 15 is 0 Å². The fraction of sp³-hybridized carbons (Fsp3) is 0.0690. The van der Waals surface area contributed by atoms with E-state index in [2.05, 4.69) is 5.32 Å². The highest BCUT2D eigenvalue weighted by atomic mass is 16.5. The lowest BCUT2D eigenvalue weighted by atomic mass is 10.0. The third kappa shape index (κ3) is 5.03. The summed E-state index contributed by atoms with van der Waals surface area (Å²) in [5, 5.41) is 14.1. The lowest BCUT2D eigenvalue weighted by Crippen LogP contribution is -2.14. The first-order valence-electron chi connectivity index (χ1n) is 10.7. The molecule has 0 spiro atoms. The summed E-state index contributed by atoms with van der Waals surface area (Å²) in [7, 11) is 0. The minimum Gasteiger partial charge on any atom is -0.423 e. The quantitative estimate of drug-likeness (QED) is 0.171. The molecule has 166 valence electrons. The average molecular weight is 447 g/mol. The van der Waals surface area contributed by atoms with Crippen LogP contribution in [0.4, 0.5) is 5.69 Å². The number of amides is 1. The average Bonchev–Trinajstić information content (AvgIpc) is 2.84. The van der Waals surface area contributed by atoms with Crippen molar-refractivity contribution in [2.75, 3.05) is 5.32 Å². The number of esters is 1. The molecule has 0 saturated carbocycles. The lowest BCUT2D eigenvalue weighted by Gasteiger charge is -2.09. The molecule has 0 radical (unpaired) electrons. The third-order valence-corrected chi connectivity index (χ3v) is 5.40. The molecule has 1 amide bonds. The summed E-state index contributed by atoms with van der Waals surface area (Å²) in [5.41, 5.74) is 3.53. The van der Waals surface area contributed by atoms with Gasteiger partial charge < -0.3 is 10.1 Å². The molecule has 0 saturated heterocycles. The number of rotatable bonds is 5. The fourth-order valence-corrected chi connectivity index (χ4v) is 3.61. The maximum Gasteiger partial charge on any atom is 0.344 e. The second-order valence-electron chi connectivity index (χ2n) is 7.93. The van der Waals surface area contributed by atoms with Crippen LogP contribution >= 0.6 is 0 Å². The Morgan fingerprint density at radius 1 is 0.912 bits per heavy atom. The van der Waals surface area contributed by atoms with Crippen molar-refractivity contribution in [1.29, 1.82) is 5.26 Å². The molecule has 4 rings (SSSR count). The van der Waals surface area contributed by atoms with E-state index in [9.17, 15) is 14.9 Å². The molecule has 0 atom stereocenters. The summed E-state index contributed by atoms with van der Waals surface area (Å²) in [6, 6.07) is 27.4. The molecule has 0 aromatic heterocycles. The van der Waals surface area contributed by atoms with Gasteiger partial charge in [0, 0.05) is 5.69 Å². The standard InChI is InChI=1S/C29H22N2O3/c1-19-13-14-20(2)27(15-19)31-28(32)23(18-30)16-21-7-5-10-24(17-21)34-29(33)26-12-6-9-22-8-3-4-11-25(22)26/h3-17H,1-2H3,(H,31,32). The number of hydrogen-bond donors (Lipinski definition) is 1. The number of carbonyl (C=O) groups excluding carboxylic acids is 2. The number of nitrogens with one attached hydrogen (secondary N) is 1. The normalized spacial score (nSPS) is 11.0. The van der Waals surface area contributed by atoms with Crippen LogP contribution in [-0.4, -0.2) is 11.9 Å². The molecule has 0 aliphatic carbocycles. The Labute approximate surface area is 197 Å². The van der Waals surface area contributed by atoms with E-state index in [0.717, 1.165) is 21.9 Å². The largest absolute Gasteiger partial charge is 0.423 e. The minimum absolute atomic E-state index is 0.0570. The van der Waals surface area contributed by atoms with Crippen molar-refractivity contribution in [3.8, 4) is 11.8 Å². The highest BCUT2D eigenvalue weighted by Gasteiger charge is 2.14. The number of fused-ring (bicyclic) bond motifs is 1. The summed E-state index contributed by atoms with van der Waals surface area (Å²) in [4.78, 5) is 25.5. The Bertz CT molecular complexity index is 1470. The van der Waals surface area contributed by atoms with Crippen LogP contribution < -0.4 is 10.1 Å². The number of nitriles is 1. The first-order chi connectivity index (χ1) is 16.4. The topological polar surface area (TPSA) is 79.2 Å². The van der Waals surface area contributed by atoms with Crippen LogP contribution in [0.15, 0.2) is 90.5 Å². The summed E-state index contributed by atoms with van der Waals surface area (Å²) in [6.07, 6.45) is 1.47. The number of ether oxygens (including phenoxy) is 1. The van der Waals surface area contributed by atoms with E-state index in [1.807, 2.05) is 74.5 Å². The van der Waals surface area contributed by atoms with Gasteiger partial charge >= 0.3 is 5.97 Å². The predicted octanol–water partition coefficient (Wildman–Crippen LogP) is 6.22. The molecule has 1 N–H and O–H groups in total. The van der Waals surface area contributed by atoms with Crippen molar-refractivity contribution in [3.05, 3.63) is 113 Å². The molecule has 0 heterocycles. The molecule has 4 aromatic rings. The van der Waals surface area contributed by atoms with Crippen molar-refractivity contribution in [2.24, 2.45) is 0 Å². The number of benzene rings is 4. The Morgan fingerprint density at radius 3 is 2.50 bits per heavy atom. The zero-order valence-electron chi connectivity index (χ0n) is 18.8. The highest BCUT2D eigenvalue weighted by Crippen LogP contribution is 2.23. The van der Waals surface area contributed by atoms with E-state index in [1.165, 1.54) is 6.08 Å². The summed E-state index contributed by atoms with van der Waals surface area (Å²) in [5.74, 6) is -0.667. The van der Waals surface area contributed by atoms with Crippen LogP contribution in [0.5, 0.6) is 5.75 Å². The van der Waals surface area contributed by atoms with Crippen LogP contribution in [0.2, 0.25) is 0 Å². The number of aryl methyl sites for hydroxylation is 2. The van der Waals surface area contributed by atoms with Gasteiger partial charge in [0.05, 0.1) is 5.56 Å². The summed E-state index contributed by atoms with van der Waals surface area (Å²) >= 11 is 0. The second kappa shape index (κ2) is 9.85. The van der Waals surface area contributed by atoms with E-state index in [4.69, 9.17) is 4.74 Å². The second-order valence-corrected chi connectivity index (χ2v) is 7.93. The molecule has 5 heteroatoms. The number of hydrogen-bond acceptors (Lipinski definition) is 4. The van der Waals surface area contributed by atoms with Crippen LogP contribution in [0.1, 0.15) is 27.0 Å². The Kier molecular flexibility index (Phi) is 6.52. The molecule has 0 aliphatic heterocycles. The van der Waals surface area contributed by atoms with Crippen LogP contribution in [0, 0.1) is 25.2 Å². The summed E-state index contributed by atoms with van der Waals surface area (Å²) in [6.45, 7) is 3.82. The molecule has 0 aliphatic rings. The smallest absolute Gasteiger partial charge is 0.344 e. The zero-order valence-corrected chi connectivity index (χ0v) is 18.8. The molecular weight excluding hydrogens is 424 g/mol. The van der Waals surface area contributed by atoms with Gasteiger partial charge in [0.2, 0.25) is 0 Å². The number of carbonyl (C=O) groups is 2.